The highest BCUT2D eigenvalue weighted by Gasteiger charge is 2.21. The van der Waals surface area contributed by atoms with Crippen LogP contribution in [-0.2, 0) is 9.53 Å². The zero-order valence-electron chi connectivity index (χ0n) is 19.7. The zero-order valence-corrected chi connectivity index (χ0v) is 19.7. The molecule has 6 nitrogen and oxygen atoms in total. The summed E-state index contributed by atoms with van der Waals surface area (Å²) in [5.74, 6) is -0.0600. The molecule has 2 atom stereocenters. The van der Waals surface area contributed by atoms with Crippen molar-refractivity contribution < 1.29 is 24.1 Å². The molecule has 2 N–H and O–H groups in total. The van der Waals surface area contributed by atoms with Gasteiger partial charge in [0.25, 0.3) is 0 Å². The third-order valence-electron chi connectivity index (χ3n) is 5.30. The quantitative estimate of drug-likeness (QED) is 0.416. The van der Waals surface area contributed by atoms with E-state index in [0.717, 1.165) is 22.6 Å². The standard InChI is InChI=1S/C27H31FN2O4/c1-4-34-25(33)17-23(32)16-22(31)14-15-24-26(18(2)3)29-27(19-8-6-5-7-9-19)30(24)21-12-10-20(28)11-13-21/h5-15,18,22-23,31-32H,4,16-17H2,1-3H3/b15-14+/t22-,23+/m1/s1. The van der Waals surface area contributed by atoms with Gasteiger partial charge in [0.1, 0.15) is 11.6 Å². The van der Waals surface area contributed by atoms with Crippen molar-refractivity contribution in [2.24, 2.45) is 0 Å². The van der Waals surface area contributed by atoms with Crippen molar-refractivity contribution in [1.29, 1.82) is 0 Å². The molecule has 7 heteroatoms. The van der Waals surface area contributed by atoms with Crippen LogP contribution in [0.3, 0.4) is 0 Å². The molecule has 1 heterocycles. The van der Waals surface area contributed by atoms with Gasteiger partial charge in [0.2, 0.25) is 0 Å². The van der Waals surface area contributed by atoms with E-state index in [0.29, 0.717) is 5.82 Å². The molecule has 0 unspecified atom stereocenters. The molecule has 0 saturated carbocycles. The van der Waals surface area contributed by atoms with Crippen LogP contribution < -0.4 is 0 Å². The number of carbonyl (C=O) groups is 1. The van der Waals surface area contributed by atoms with Crippen LogP contribution in [0.25, 0.3) is 23.2 Å². The van der Waals surface area contributed by atoms with E-state index in [1.807, 2.05) is 48.7 Å². The largest absolute Gasteiger partial charge is 0.466 e. The van der Waals surface area contributed by atoms with E-state index in [-0.39, 0.29) is 31.2 Å². The molecular weight excluding hydrogens is 435 g/mol. The van der Waals surface area contributed by atoms with Gasteiger partial charge >= 0.3 is 5.97 Å². The molecule has 0 fully saturated rings. The summed E-state index contributed by atoms with van der Waals surface area (Å²) in [6, 6.07) is 15.9. The number of ether oxygens (including phenoxy) is 1. The van der Waals surface area contributed by atoms with Crippen molar-refractivity contribution in [1.82, 2.24) is 9.55 Å². The Bertz CT molecular complexity index is 1110. The first kappa shape index (κ1) is 25.3. The van der Waals surface area contributed by atoms with Gasteiger partial charge in [0, 0.05) is 17.7 Å². The van der Waals surface area contributed by atoms with Gasteiger partial charge in [-0.15, -0.1) is 0 Å². The molecule has 3 aromatic rings. The molecule has 180 valence electrons. The van der Waals surface area contributed by atoms with E-state index in [4.69, 9.17) is 9.72 Å². The SMILES string of the molecule is CCOC(=O)C[C@@H](O)C[C@H](O)/C=C/c1c(C(C)C)nc(-c2ccccc2)n1-c1ccc(F)cc1. The molecular formula is C27H31FN2O4. The third kappa shape index (κ3) is 6.40. The van der Waals surface area contributed by atoms with Crippen LogP contribution in [0.2, 0.25) is 0 Å². The molecule has 0 radical (unpaired) electrons. The molecule has 2 aromatic carbocycles. The molecule has 0 aliphatic heterocycles. The number of aliphatic hydroxyl groups is 2. The summed E-state index contributed by atoms with van der Waals surface area (Å²) < 4.78 is 20.4. The second-order valence-corrected chi connectivity index (χ2v) is 8.36. The molecule has 0 saturated heterocycles. The van der Waals surface area contributed by atoms with E-state index >= 15 is 0 Å². The Labute approximate surface area is 199 Å². The van der Waals surface area contributed by atoms with Crippen LogP contribution in [0.15, 0.2) is 60.7 Å². The average Bonchev–Trinajstić information content (AvgIpc) is 3.18. The lowest BCUT2D eigenvalue weighted by atomic mass is 10.1. The van der Waals surface area contributed by atoms with Crippen LogP contribution in [-0.4, -0.2) is 44.5 Å². The zero-order chi connectivity index (χ0) is 24.7. The summed E-state index contributed by atoms with van der Waals surface area (Å²) in [7, 11) is 0. The lowest BCUT2D eigenvalue weighted by Crippen LogP contribution is -2.20. The Morgan fingerprint density at radius 3 is 2.41 bits per heavy atom. The first-order chi connectivity index (χ1) is 16.3. The van der Waals surface area contributed by atoms with Gasteiger partial charge in [-0.05, 0) is 43.2 Å². The number of hydrogen-bond acceptors (Lipinski definition) is 5. The molecule has 34 heavy (non-hydrogen) atoms. The normalized spacial score (nSPS) is 13.4. The Hall–Kier alpha value is -3.29. The van der Waals surface area contributed by atoms with E-state index in [1.165, 1.54) is 12.1 Å². The number of carbonyl (C=O) groups excluding carboxylic acids is 1. The van der Waals surface area contributed by atoms with Crippen molar-refractivity contribution in [3.8, 4) is 17.1 Å². The van der Waals surface area contributed by atoms with Crippen LogP contribution in [0, 0.1) is 5.82 Å². The van der Waals surface area contributed by atoms with E-state index in [9.17, 15) is 19.4 Å². The minimum absolute atomic E-state index is 0.0114. The van der Waals surface area contributed by atoms with Gasteiger partial charge < -0.3 is 14.9 Å². The number of rotatable bonds is 10. The fraction of sp³-hybridized carbons (Fsp3) is 0.333. The predicted molar refractivity (Wildman–Crippen MR) is 130 cm³/mol. The second kappa shape index (κ2) is 11.7. The van der Waals surface area contributed by atoms with E-state index in [2.05, 4.69) is 0 Å². The minimum Gasteiger partial charge on any atom is -0.466 e. The molecule has 3 rings (SSSR count). The van der Waals surface area contributed by atoms with Crippen LogP contribution in [0.4, 0.5) is 4.39 Å². The van der Waals surface area contributed by atoms with Gasteiger partial charge in [-0.1, -0.05) is 50.3 Å². The van der Waals surface area contributed by atoms with Crippen molar-refractivity contribution in [3.63, 3.8) is 0 Å². The van der Waals surface area contributed by atoms with Crippen molar-refractivity contribution in [2.45, 2.75) is 51.7 Å². The highest BCUT2D eigenvalue weighted by atomic mass is 19.1. The maximum atomic E-state index is 13.6. The van der Waals surface area contributed by atoms with Gasteiger partial charge in [-0.2, -0.15) is 0 Å². The maximum absolute atomic E-state index is 13.6. The summed E-state index contributed by atoms with van der Waals surface area (Å²) in [4.78, 5) is 16.5. The number of hydrogen-bond donors (Lipinski definition) is 2. The Balaban J connectivity index is 1.99. The topological polar surface area (TPSA) is 84.6 Å². The number of halogens is 1. The predicted octanol–water partition coefficient (Wildman–Crippen LogP) is 4.88. The average molecular weight is 467 g/mol. The minimum atomic E-state index is -1.02. The smallest absolute Gasteiger partial charge is 0.308 e. The first-order valence-corrected chi connectivity index (χ1v) is 11.4. The summed E-state index contributed by atoms with van der Waals surface area (Å²) >= 11 is 0. The van der Waals surface area contributed by atoms with Gasteiger partial charge in [0.05, 0.1) is 36.6 Å². The first-order valence-electron chi connectivity index (χ1n) is 11.4. The molecule has 0 spiro atoms. The van der Waals surface area contributed by atoms with E-state index in [1.54, 1.807) is 31.2 Å². The lowest BCUT2D eigenvalue weighted by molar-refractivity contribution is -0.145. The number of aromatic nitrogens is 2. The number of aliphatic hydroxyl groups excluding tert-OH is 2. The fourth-order valence-electron chi connectivity index (χ4n) is 3.72. The summed E-state index contributed by atoms with van der Waals surface area (Å²) in [5.41, 5.74) is 3.20. The van der Waals surface area contributed by atoms with Crippen molar-refractivity contribution in [3.05, 3.63) is 77.9 Å². The number of benzene rings is 2. The van der Waals surface area contributed by atoms with Gasteiger partial charge in [-0.25, -0.2) is 9.37 Å². The Morgan fingerprint density at radius 1 is 1.12 bits per heavy atom. The van der Waals surface area contributed by atoms with Crippen LogP contribution in [0.1, 0.15) is 50.9 Å². The lowest BCUT2D eigenvalue weighted by Gasteiger charge is -2.14. The highest BCUT2D eigenvalue weighted by Crippen LogP contribution is 2.31. The summed E-state index contributed by atoms with van der Waals surface area (Å²) in [6.07, 6.45) is 1.14. The van der Waals surface area contributed by atoms with Crippen LogP contribution >= 0.6 is 0 Å². The second-order valence-electron chi connectivity index (χ2n) is 8.36. The number of esters is 1. The fourth-order valence-corrected chi connectivity index (χ4v) is 3.72. The molecule has 1 aromatic heterocycles. The monoisotopic (exact) mass is 466 g/mol. The van der Waals surface area contributed by atoms with Crippen molar-refractivity contribution in [2.75, 3.05) is 6.61 Å². The number of imidazole rings is 1. The molecule has 0 bridgehead atoms. The van der Waals surface area contributed by atoms with Gasteiger partial charge in [0.15, 0.2) is 0 Å². The molecule has 0 aliphatic carbocycles. The van der Waals surface area contributed by atoms with Gasteiger partial charge in [-0.3, -0.25) is 9.36 Å². The Morgan fingerprint density at radius 2 is 1.79 bits per heavy atom. The van der Waals surface area contributed by atoms with E-state index < -0.39 is 18.2 Å². The Kier molecular flexibility index (Phi) is 8.73. The number of nitrogens with zero attached hydrogens (tertiary/aromatic N) is 2. The highest BCUT2D eigenvalue weighted by molar-refractivity contribution is 5.70. The van der Waals surface area contributed by atoms with Crippen molar-refractivity contribution >= 4 is 12.0 Å². The third-order valence-corrected chi connectivity index (χ3v) is 5.30. The maximum Gasteiger partial charge on any atom is 0.308 e. The summed E-state index contributed by atoms with van der Waals surface area (Å²) in [6.45, 7) is 6.00. The van der Waals surface area contributed by atoms with Crippen LogP contribution in [0.5, 0.6) is 0 Å². The summed E-state index contributed by atoms with van der Waals surface area (Å²) in [5, 5.41) is 20.6. The molecule has 0 aliphatic rings. The molecule has 0 amide bonds.